The van der Waals surface area contributed by atoms with E-state index in [0.717, 1.165) is 45.0 Å². The number of fused-ring (bicyclic) bond motifs is 4. The molecule has 8 nitrogen and oxygen atoms in total. The fourth-order valence-electron chi connectivity index (χ4n) is 9.14. The quantitative estimate of drug-likeness (QED) is 0.156. The molecular formula is C40H34Cl2N8Sn. The summed E-state index contributed by atoms with van der Waals surface area (Å²) in [7, 11) is 16.8. The molecule has 4 aliphatic rings. The van der Waals surface area contributed by atoms with E-state index in [4.69, 9.17) is 17.8 Å². The Morgan fingerprint density at radius 2 is 0.627 bits per heavy atom. The third-order valence-corrected chi connectivity index (χ3v) is 21.8. The molecule has 2 N–H and O–H groups in total. The van der Waals surface area contributed by atoms with Gasteiger partial charge in [-0.25, -0.2) is 0 Å². The SMILES string of the molecule is [Cl][Sn]1([Cl])[n]2c3ccc2C(c2ccncc2)C2C=CC(N2)C(c2ccncc2)c2ccc([n]21)C(c1ccncc1)C1C=CC(N1)C3c1ccncc1. The molecule has 51 heavy (non-hydrogen) atoms. The monoisotopic (exact) mass is 816 g/mol. The topological polar surface area (TPSA) is 85.5 Å². The summed E-state index contributed by atoms with van der Waals surface area (Å²) in [5.41, 5.74) is 9.04. The van der Waals surface area contributed by atoms with Gasteiger partial charge in [-0.3, -0.25) is 0 Å². The summed E-state index contributed by atoms with van der Waals surface area (Å²) in [6.45, 7) is 0. The first kappa shape index (κ1) is 31.7. The van der Waals surface area contributed by atoms with Crippen LogP contribution in [0.5, 0.6) is 0 Å². The average molecular weight is 816 g/mol. The molecule has 8 atom stereocenters. The van der Waals surface area contributed by atoms with Crippen LogP contribution in [0.15, 0.2) is 147 Å². The minimum atomic E-state index is -4.84. The van der Waals surface area contributed by atoms with E-state index in [2.05, 4.69) is 133 Å². The fraction of sp³-hybridized carbons (Fsp3) is 0.200. The molecule has 6 aromatic heterocycles. The summed E-state index contributed by atoms with van der Waals surface area (Å²) in [5.74, 6) is -0.307. The zero-order chi connectivity index (χ0) is 34.1. The molecule has 0 saturated carbocycles. The van der Waals surface area contributed by atoms with Crippen molar-refractivity contribution in [1.29, 1.82) is 0 Å². The van der Waals surface area contributed by atoms with Crippen molar-refractivity contribution in [3.63, 3.8) is 0 Å². The van der Waals surface area contributed by atoms with Gasteiger partial charge in [0.05, 0.1) is 0 Å². The number of hydrogen-bond donors (Lipinski definition) is 2. The maximum atomic E-state index is 8.38. The van der Waals surface area contributed by atoms with Crippen molar-refractivity contribution in [3.05, 3.63) is 192 Å². The Morgan fingerprint density at radius 1 is 0.392 bits per heavy atom. The molecule has 0 aliphatic carbocycles. The van der Waals surface area contributed by atoms with Crippen molar-refractivity contribution < 1.29 is 0 Å². The van der Waals surface area contributed by atoms with Gasteiger partial charge in [0.15, 0.2) is 0 Å². The van der Waals surface area contributed by atoms with Crippen molar-refractivity contribution >= 4 is 34.5 Å². The van der Waals surface area contributed by atoms with Gasteiger partial charge < -0.3 is 0 Å². The molecule has 10 heterocycles. The van der Waals surface area contributed by atoms with Crippen molar-refractivity contribution in [2.45, 2.75) is 47.8 Å². The van der Waals surface area contributed by atoms with Crippen molar-refractivity contribution in [2.24, 2.45) is 0 Å². The maximum absolute atomic E-state index is 8.38. The van der Waals surface area contributed by atoms with Gasteiger partial charge in [-0.2, -0.15) is 0 Å². The van der Waals surface area contributed by atoms with Crippen molar-refractivity contribution in [1.82, 2.24) is 36.1 Å². The molecule has 6 bridgehead atoms. The molecule has 0 saturated heterocycles. The Kier molecular flexibility index (Phi) is 7.80. The summed E-state index contributed by atoms with van der Waals surface area (Å²) in [5, 5.41) is 8.16. The van der Waals surface area contributed by atoms with Gasteiger partial charge in [-0.15, -0.1) is 0 Å². The van der Waals surface area contributed by atoms with Crippen LogP contribution in [0, 0.1) is 0 Å². The van der Waals surface area contributed by atoms with Gasteiger partial charge in [-0.1, -0.05) is 0 Å². The Hall–Kier alpha value is -4.06. The average Bonchev–Trinajstić information content (AvgIpc) is 4.00. The Labute approximate surface area is 308 Å². The number of aromatic nitrogens is 6. The number of hydrogen-bond acceptors (Lipinski definition) is 6. The van der Waals surface area contributed by atoms with Gasteiger partial charge in [0.1, 0.15) is 0 Å². The summed E-state index contributed by atoms with van der Waals surface area (Å²) in [6, 6.07) is 26.0. The van der Waals surface area contributed by atoms with E-state index < -0.39 is 16.7 Å². The predicted octanol–water partition coefficient (Wildman–Crippen LogP) is 6.53. The predicted molar refractivity (Wildman–Crippen MR) is 201 cm³/mol. The molecule has 4 aliphatic heterocycles. The zero-order valence-corrected chi connectivity index (χ0v) is 31.8. The van der Waals surface area contributed by atoms with Crippen LogP contribution in [0.4, 0.5) is 0 Å². The van der Waals surface area contributed by atoms with Gasteiger partial charge >= 0.3 is 310 Å². The van der Waals surface area contributed by atoms with Crippen LogP contribution in [0.3, 0.4) is 0 Å². The first-order valence-corrected chi connectivity index (χ1v) is 27.2. The Balaban J connectivity index is 1.34. The Bertz CT molecular complexity index is 1950. The number of nitrogens with one attached hydrogen (secondary N) is 2. The first-order chi connectivity index (χ1) is 25.1. The Morgan fingerprint density at radius 3 is 0.863 bits per heavy atom. The number of rotatable bonds is 4. The second kappa shape index (κ2) is 12.6. The van der Waals surface area contributed by atoms with Crippen LogP contribution >= 0.6 is 17.8 Å². The number of pyridine rings is 4. The van der Waals surface area contributed by atoms with E-state index in [-0.39, 0.29) is 47.8 Å². The van der Waals surface area contributed by atoms with Crippen LogP contribution in [0.1, 0.15) is 68.7 Å². The van der Waals surface area contributed by atoms with Gasteiger partial charge in [0.25, 0.3) is 0 Å². The molecule has 8 unspecified atom stereocenters. The third-order valence-electron chi connectivity index (χ3n) is 11.2. The van der Waals surface area contributed by atoms with Crippen LogP contribution in [-0.2, 0) is 0 Å². The van der Waals surface area contributed by atoms with E-state index >= 15 is 0 Å². The van der Waals surface area contributed by atoms with Gasteiger partial charge in [-0.05, 0) is 0 Å². The third kappa shape index (κ3) is 5.09. The summed E-state index contributed by atoms with van der Waals surface area (Å²) in [6.07, 6.45) is 24.4. The second-order valence-corrected chi connectivity index (χ2v) is 27.6. The summed E-state index contributed by atoms with van der Waals surface area (Å²) < 4.78 is 4.83. The van der Waals surface area contributed by atoms with Crippen molar-refractivity contribution in [3.8, 4) is 0 Å². The van der Waals surface area contributed by atoms with Crippen LogP contribution in [-0.4, -0.2) is 66.4 Å². The molecule has 0 radical (unpaired) electrons. The number of nitrogens with zero attached hydrogens (tertiary/aromatic N) is 6. The van der Waals surface area contributed by atoms with E-state index in [1.165, 1.54) is 0 Å². The van der Waals surface area contributed by atoms with E-state index in [0.29, 0.717) is 0 Å². The molecule has 10 rings (SSSR count). The first-order valence-electron chi connectivity index (χ1n) is 17.4. The molecule has 0 aromatic carbocycles. The molecule has 0 spiro atoms. The fourth-order valence-corrected chi connectivity index (χ4v) is 20.9. The molecule has 11 heteroatoms. The summed E-state index contributed by atoms with van der Waals surface area (Å²) in [4.78, 5) is 17.6. The van der Waals surface area contributed by atoms with Crippen LogP contribution in [0.2, 0.25) is 0 Å². The molecule has 0 fully saturated rings. The standard InChI is InChI=1S/C40H34N8.2ClH.Sn/c1-2-30-38(26-11-19-42-20-12-26)32-5-6-34(47-32)40(28-15-23-44-24-16-28)36-8-7-35(48-36)39(27-13-21-43-22-14-27)33-4-3-31(46-33)37(29(1)45-30)25-9-17-41-18-10-25;;;/h1-24,29-30,35-40,45,48H;2*1H;/q-2;;;+4/p-2. The van der Waals surface area contributed by atoms with E-state index in [1.807, 2.05) is 49.6 Å². The van der Waals surface area contributed by atoms with Crippen LogP contribution < -0.4 is 10.6 Å². The number of halogens is 2. The van der Waals surface area contributed by atoms with E-state index in [1.54, 1.807) is 0 Å². The molecular weight excluding hydrogens is 782 g/mol. The van der Waals surface area contributed by atoms with Crippen molar-refractivity contribution in [2.75, 3.05) is 0 Å². The molecule has 0 amide bonds. The second-order valence-electron chi connectivity index (χ2n) is 13.8. The molecule has 252 valence electrons. The minimum absolute atomic E-state index is 0.00892. The van der Waals surface area contributed by atoms with E-state index in [9.17, 15) is 0 Å². The summed E-state index contributed by atoms with van der Waals surface area (Å²) >= 11 is -4.84. The molecule has 6 aromatic rings. The van der Waals surface area contributed by atoms with Gasteiger partial charge in [0, 0.05) is 0 Å². The van der Waals surface area contributed by atoms with Crippen LogP contribution in [0.25, 0.3) is 0 Å². The zero-order valence-electron chi connectivity index (χ0n) is 27.4. The normalized spacial score (nSPS) is 28.4. The van der Waals surface area contributed by atoms with Gasteiger partial charge in [0.2, 0.25) is 0 Å².